The van der Waals surface area contributed by atoms with Crippen molar-refractivity contribution in [3.8, 4) is 17.2 Å². The molecule has 13 heteroatoms. The first-order valence-electron chi connectivity index (χ1n) is 18.5. The number of allylic oxidation sites excluding steroid dienone is 4. The third kappa shape index (κ3) is 6.60. The molecule has 0 spiro atoms. The lowest BCUT2D eigenvalue weighted by Crippen LogP contribution is -2.69. The predicted molar refractivity (Wildman–Crippen MR) is 200 cm³/mol. The van der Waals surface area contributed by atoms with Gasteiger partial charge in [0.05, 0.1) is 49.6 Å². The zero-order chi connectivity index (χ0) is 38.4. The molecular weight excluding hydrogens is 708 g/mol. The van der Waals surface area contributed by atoms with Gasteiger partial charge in [-0.05, 0) is 53.5 Å². The van der Waals surface area contributed by atoms with Gasteiger partial charge in [-0.2, -0.15) is 4.99 Å². The van der Waals surface area contributed by atoms with E-state index in [1.165, 1.54) is 18.1 Å². The molecule has 0 bridgehead atoms. The van der Waals surface area contributed by atoms with Crippen LogP contribution in [0.2, 0.25) is 0 Å². The van der Waals surface area contributed by atoms with Crippen molar-refractivity contribution in [1.82, 2.24) is 4.90 Å². The van der Waals surface area contributed by atoms with E-state index >= 15 is 0 Å². The van der Waals surface area contributed by atoms with Crippen molar-refractivity contribution in [2.24, 2.45) is 4.99 Å². The number of phenolic OH excluding ortho intramolecular Hbond substituents is 1. The van der Waals surface area contributed by atoms with E-state index in [-0.39, 0.29) is 60.6 Å². The van der Waals surface area contributed by atoms with Gasteiger partial charge in [0.2, 0.25) is 6.29 Å². The Morgan fingerprint density at radius 2 is 1.95 bits per heavy atom. The smallest absolute Gasteiger partial charge is 0.254 e. The highest BCUT2D eigenvalue weighted by Crippen LogP contribution is 2.47. The number of fused-ring (bicyclic) bond motifs is 3. The Labute approximate surface area is 317 Å². The Hall–Kier alpha value is -5.02. The van der Waals surface area contributed by atoms with Crippen molar-refractivity contribution >= 4 is 28.7 Å². The topological polar surface area (TPSA) is 188 Å². The fourth-order valence-corrected chi connectivity index (χ4v) is 8.26. The molecule has 2 fully saturated rings. The number of aliphatic imine (C=N–C) groups is 1. The Balaban J connectivity index is 1.12. The summed E-state index contributed by atoms with van der Waals surface area (Å²) in [4.78, 5) is 33.4. The van der Waals surface area contributed by atoms with Gasteiger partial charge in [0, 0.05) is 42.8 Å². The molecule has 5 atom stereocenters. The summed E-state index contributed by atoms with van der Waals surface area (Å²) in [6.45, 7) is -1.19. The summed E-state index contributed by atoms with van der Waals surface area (Å²) in [6, 6.07) is 12.1. The van der Waals surface area contributed by atoms with Crippen LogP contribution in [0.15, 0.2) is 82.5 Å². The molecule has 3 aliphatic heterocycles. The number of methoxy groups -OCH3 is 1. The minimum atomic E-state index is -2.53. The molecule has 3 aromatic rings. The Morgan fingerprint density at radius 3 is 2.71 bits per heavy atom. The molecule has 3 heterocycles. The molecule has 3 aromatic carbocycles. The molecule has 8 rings (SSSR count). The molecule has 286 valence electrons. The van der Waals surface area contributed by atoms with E-state index in [9.17, 15) is 35.1 Å². The van der Waals surface area contributed by atoms with E-state index < -0.39 is 42.6 Å². The number of aliphatic hydroxyl groups is 4. The largest absolute Gasteiger partial charge is 0.506 e. The maximum atomic E-state index is 14.3. The summed E-state index contributed by atoms with van der Waals surface area (Å²) < 4.78 is 23.8. The number of benzene rings is 3. The number of carbonyl (C=O) groups excluding carboxylic acids is 2. The fourth-order valence-electron chi connectivity index (χ4n) is 8.26. The first kappa shape index (κ1) is 36.9. The summed E-state index contributed by atoms with van der Waals surface area (Å²) in [6.07, 6.45) is 6.15. The molecular formula is C42H43N2O11+. The number of nitrogens with zero attached hydrogens (tertiary/aromatic N) is 2. The van der Waals surface area contributed by atoms with Crippen molar-refractivity contribution in [2.75, 3.05) is 33.5 Å². The van der Waals surface area contributed by atoms with Gasteiger partial charge in [0.25, 0.3) is 5.91 Å². The minimum Gasteiger partial charge on any atom is -0.506 e. The zero-order valence-electron chi connectivity index (χ0n) is 30.3. The molecule has 1 saturated carbocycles. The number of ether oxygens (including phenoxy) is 4. The van der Waals surface area contributed by atoms with Crippen LogP contribution in [-0.4, -0.2) is 112 Å². The number of rotatable bonds is 12. The van der Waals surface area contributed by atoms with Gasteiger partial charge in [-0.3, -0.25) is 9.59 Å². The van der Waals surface area contributed by atoms with Crippen molar-refractivity contribution in [3.63, 3.8) is 0 Å². The second-order valence-corrected chi connectivity index (χ2v) is 14.7. The maximum absolute atomic E-state index is 14.3. The van der Waals surface area contributed by atoms with Gasteiger partial charge in [-0.1, -0.05) is 31.0 Å². The van der Waals surface area contributed by atoms with Crippen molar-refractivity contribution < 1.29 is 54.1 Å². The monoisotopic (exact) mass is 751 g/mol. The second kappa shape index (κ2) is 14.9. The lowest BCUT2D eigenvalue weighted by molar-refractivity contribution is -0.328. The molecule has 5 N–H and O–H groups in total. The standard InChI is InChI=1S/C42H42N2O11/c1-52-27-14-25-15-30(23-8-2-3-9-23)36(32(46)19-44-18-24-10-4-5-12-29(24)40(44)50)38(48)35(25)33(16-27)54-41-42(51,22-45)39(49)37(47)34(55-41)21-53-20-26-17-43-31-13-7-6-11-28(26)31/h4-7,10-17,23,34,37,39,41,45,47,49,51H,2-3,8-9,18-22H2,1H3/p+1/t34-,37-,39+,41+,42-/m1/s1. The molecule has 55 heavy (non-hydrogen) atoms. The first-order valence-corrected chi connectivity index (χ1v) is 18.5. The van der Waals surface area contributed by atoms with Crippen LogP contribution in [-0.2, 0) is 16.0 Å². The number of aromatic hydroxyl groups is 1. The van der Waals surface area contributed by atoms with Crippen molar-refractivity contribution in [1.29, 1.82) is 0 Å². The molecule has 5 aliphatic rings. The van der Waals surface area contributed by atoms with Crippen molar-refractivity contribution in [3.05, 3.63) is 106 Å². The molecule has 0 unspecified atom stereocenters. The van der Waals surface area contributed by atoms with Crippen molar-refractivity contribution in [2.45, 2.75) is 68.3 Å². The van der Waals surface area contributed by atoms with Gasteiger partial charge in [-0.25, -0.2) is 0 Å². The van der Waals surface area contributed by atoms with Crippen LogP contribution < -0.4 is 9.47 Å². The molecule has 2 aliphatic carbocycles. The van der Waals surface area contributed by atoms with Crippen LogP contribution in [0.25, 0.3) is 10.8 Å². The van der Waals surface area contributed by atoms with Gasteiger partial charge in [-0.15, -0.1) is 0 Å². The highest BCUT2D eigenvalue weighted by atomic mass is 16.7. The van der Waals surface area contributed by atoms with Crippen LogP contribution in [0.1, 0.15) is 63.4 Å². The summed E-state index contributed by atoms with van der Waals surface area (Å²) in [5, 5.41) is 56.8. The predicted octanol–water partition coefficient (Wildman–Crippen LogP) is 3.65. The summed E-state index contributed by atoms with van der Waals surface area (Å²) in [7, 11) is 1.45. The molecule has 13 nitrogen and oxygen atoms in total. The third-order valence-electron chi connectivity index (χ3n) is 11.3. The van der Waals surface area contributed by atoms with Crippen LogP contribution in [0.5, 0.6) is 17.2 Å². The lowest BCUT2D eigenvalue weighted by atomic mass is 9.86. The zero-order valence-corrected chi connectivity index (χ0v) is 30.3. The molecule has 1 amide bonds. The quantitative estimate of drug-likeness (QED) is 0.134. The normalized spacial score (nSPS) is 26.0. The van der Waals surface area contributed by atoms with Crippen LogP contribution >= 0.6 is 0 Å². The number of Topliss-reactive ketones (excluding diaryl/α,β-unsaturated/α-hetero) is 1. The number of hydrogen-bond acceptors (Lipinski definition) is 12. The Kier molecular flexibility index (Phi) is 10.0. The average molecular weight is 752 g/mol. The maximum Gasteiger partial charge on any atom is 0.254 e. The Morgan fingerprint density at radius 1 is 1.15 bits per heavy atom. The van der Waals surface area contributed by atoms with Gasteiger partial charge in [0.15, 0.2) is 17.1 Å². The summed E-state index contributed by atoms with van der Waals surface area (Å²) in [5.74, 6) is -0.885. The summed E-state index contributed by atoms with van der Waals surface area (Å²) in [5.41, 5.74) is 2.05. The van der Waals surface area contributed by atoms with Gasteiger partial charge in [0.1, 0.15) is 47.7 Å². The highest BCUT2D eigenvalue weighted by Gasteiger charge is 2.56. The fraction of sp³-hybridized carbons (Fsp3) is 0.381. The van der Waals surface area contributed by atoms with E-state index in [1.54, 1.807) is 24.4 Å². The van der Waals surface area contributed by atoms with Gasteiger partial charge < -0.3 is 49.4 Å². The number of carbonyl (C=O) groups is 2. The van der Waals surface area contributed by atoms with E-state index in [4.69, 9.17) is 18.9 Å². The lowest BCUT2D eigenvalue weighted by Gasteiger charge is -2.47. The molecule has 1 saturated heterocycles. The van der Waals surface area contributed by atoms with Gasteiger partial charge >= 0.3 is 0 Å². The van der Waals surface area contributed by atoms with Crippen LogP contribution in [0, 0.1) is 6.42 Å². The number of aliphatic hydroxyl groups excluding tert-OH is 3. The van der Waals surface area contributed by atoms with E-state index in [1.807, 2.05) is 42.8 Å². The second-order valence-electron chi connectivity index (χ2n) is 14.7. The van der Waals surface area contributed by atoms with Crippen LogP contribution in [0.3, 0.4) is 0 Å². The van der Waals surface area contributed by atoms with Crippen LogP contribution in [0.4, 0.5) is 0 Å². The average Bonchev–Trinajstić information content (AvgIpc) is 3.95. The SMILES string of the molecule is COc1cc(O[C@H]2O[C@H](COCC3=C4[CH+]C=CC=C4N=C3)[C@@H](O)[C@H](O)[C@]2(O)CO)c2c(O)c(C(=O)CN3Cc4ccccc4C3=O)c(C3CCCC3)cc2c1. The number of hydrogen-bond donors (Lipinski definition) is 5. The molecule has 0 aromatic heterocycles. The number of phenols is 1. The highest BCUT2D eigenvalue weighted by molar-refractivity contribution is 6.11. The van der Waals surface area contributed by atoms with E-state index in [0.717, 1.165) is 48.1 Å². The van der Waals surface area contributed by atoms with E-state index in [0.29, 0.717) is 22.3 Å². The molecule has 0 radical (unpaired) electrons. The number of ketones is 1. The number of amides is 1. The van der Waals surface area contributed by atoms with E-state index in [2.05, 4.69) is 4.99 Å². The Bertz CT molecular complexity index is 2150. The first-order chi connectivity index (χ1) is 26.6. The third-order valence-corrected chi connectivity index (χ3v) is 11.3. The summed E-state index contributed by atoms with van der Waals surface area (Å²) >= 11 is 0. The minimum absolute atomic E-state index is 0.0167.